The van der Waals surface area contributed by atoms with Gasteiger partial charge in [0.25, 0.3) is 0 Å². The molecule has 16 heavy (non-hydrogen) atoms. The molecule has 1 aromatic rings. The molecule has 84 valence electrons. The Kier molecular flexibility index (Phi) is 3.07. The largest absolute Gasteiger partial charge is 0.391 e. The molecule has 2 heterocycles. The number of aliphatic hydroxyl groups is 1. The van der Waals surface area contributed by atoms with Crippen LogP contribution in [0.15, 0.2) is 12.1 Å². The third kappa shape index (κ3) is 2.00. The molecule has 0 radical (unpaired) electrons. The van der Waals surface area contributed by atoms with Gasteiger partial charge in [-0.1, -0.05) is 6.92 Å². The minimum atomic E-state index is -0.293. The monoisotopic (exact) mass is 217 g/mol. The molecule has 1 unspecified atom stereocenters. The Labute approximate surface area is 95.1 Å². The molecule has 0 bridgehead atoms. The van der Waals surface area contributed by atoms with E-state index in [1.165, 1.54) is 0 Å². The summed E-state index contributed by atoms with van der Waals surface area (Å²) in [6.45, 7) is 3.39. The summed E-state index contributed by atoms with van der Waals surface area (Å²) in [5.41, 5.74) is 1.57. The molecule has 0 saturated carbocycles. The van der Waals surface area contributed by atoms with Crippen LogP contribution < -0.4 is 4.90 Å². The van der Waals surface area contributed by atoms with Crippen LogP contribution >= 0.6 is 0 Å². The van der Waals surface area contributed by atoms with Crippen molar-refractivity contribution in [2.75, 3.05) is 18.0 Å². The Morgan fingerprint density at radius 3 is 3.00 bits per heavy atom. The smallest absolute Gasteiger partial charge is 0.146 e. The molecule has 1 N–H and O–H groups in total. The van der Waals surface area contributed by atoms with Gasteiger partial charge in [0.05, 0.1) is 11.7 Å². The van der Waals surface area contributed by atoms with Crippen molar-refractivity contribution in [3.8, 4) is 6.07 Å². The van der Waals surface area contributed by atoms with Crippen LogP contribution in [0, 0.1) is 11.3 Å². The summed E-state index contributed by atoms with van der Waals surface area (Å²) in [6, 6.07) is 5.85. The first kappa shape index (κ1) is 10.9. The van der Waals surface area contributed by atoms with Crippen LogP contribution in [-0.2, 0) is 6.42 Å². The molecule has 1 saturated heterocycles. The Balaban J connectivity index is 2.34. The van der Waals surface area contributed by atoms with Gasteiger partial charge in [-0.3, -0.25) is 0 Å². The van der Waals surface area contributed by atoms with Crippen LogP contribution in [0.5, 0.6) is 0 Å². The van der Waals surface area contributed by atoms with E-state index in [-0.39, 0.29) is 6.10 Å². The van der Waals surface area contributed by atoms with E-state index in [9.17, 15) is 5.11 Å². The average molecular weight is 217 g/mol. The predicted octanol–water partition coefficient (Wildman–Crippen LogP) is 1.09. The van der Waals surface area contributed by atoms with Gasteiger partial charge in [0.1, 0.15) is 11.9 Å². The van der Waals surface area contributed by atoms with Gasteiger partial charge in [-0.25, -0.2) is 4.98 Å². The van der Waals surface area contributed by atoms with Crippen LogP contribution in [0.25, 0.3) is 0 Å². The lowest BCUT2D eigenvalue weighted by Gasteiger charge is -2.18. The van der Waals surface area contributed by atoms with Gasteiger partial charge in [-0.2, -0.15) is 5.26 Å². The normalized spacial score (nSPS) is 19.8. The SMILES string of the molecule is CCc1ccc(C#N)c(N2CCC(O)C2)n1. The lowest BCUT2D eigenvalue weighted by Crippen LogP contribution is -2.23. The van der Waals surface area contributed by atoms with Crippen LogP contribution in [0.4, 0.5) is 5.82 Å². The zero-order valence-electron chi connectivity index (χ0n) is 9.35. The molecule has 2 rings (SSSR count). The lowest BCUT2D eigenvalue weighted by molar-refractivity contribution is 0.198. The molecule has 0 aromatic carbocycles. The first-order valence-electron chi connectivity index (χ1n) is 5.57. The van der Waals surface area contributed by atoms with Gasteiger partial charge in [0.15, 0.2) is 0 Å². The van der Waals surface area contributed by atoms with Crippen LogP contribution in [0.3, 0.4) is 0 Å². The van der Waals surface area contributed by atoms with Crippen LogP contribution in [0.1, 0.15) is 24.6 Å². The topological polar surface area (TPSA) is 60.2 Å². The van der Waals surface area contributed by atoms with Crippen molar-refractivity contribution in [1.82, 2.24) is 4.98 Å². The summed E-state index contributed by atoms with van der Waals surface area (Å²) in [4.78, 5) is 6.46. The molecule has 1 fully saturated rings. The van der Waals surface area contributed by atoms with Crippen molar-refractivity contribution in [2.24, 2.45) is 0 Å². The lowest BCUT2D eigenvalue weighted by atomic mass is 10.2. The maximum Gasteiger partial charge on any atom is 0.146 e. The second-order valence-corrected chi connectivity index (χ2v) is 4.03. The van der Waals surface area contributed by atoms with Crippen molar-refractivity contribution in [1.29, 1.82) is 5.26 Å². The average Bonchev–Trinajstić information content (AvgIpc) is 2.75. The fourth-order valence-corrected chi connectivity index (χ4v) is 1.95. The van der Waals surface area contributed by atoms with Gasteiger partial charge in [-0.05, 0) is 25.0 Å². The highest BCUT2D eigenvalue weighted by Crippen LogP contribution is 2.22. The maximum absolute atomic E-state index is 9.50. The third-order valence-electron chi connectivity index (χ3n) is 2.88. The molecule has 1 aliphatic rings. The van der Waals surface area contributed by atoms with Gasteiger partial charge < -0.3 is 10.0 Å². The maximum atomic E-state index is 9.50. The minimum absolute atomic E-state index is 0.293. The second-order valence-electron chi connectivity index (χ2n) is 4.03. The Morgan fingerprint density at radius 2 is 2.44 bits per heavy atom. The molecule has 0 aliphatic carbocycles. The number of aryl methyl sites for hydroxylation is 1. The Morgan fingerprint density at radius 1 is 1.62 bits per heavy atom. The van der Waals surface area contributed by atoms with Crippen molar-refractivity contribution in [3.05, 3.63) is 23.4 Å². The van der Waals surface area contributed by atoms with Crippen molar-refractivity contribution < 1.29 is 5.11 Å². The first-order valence-corrected chi connectivity index (χ1v) is 5.57. The summed E-state index contributed by atoms with van der Waals surface area (Å²) < 4.78 is 0. The summed E-state index contributed by atoms with van der Waals surface area (Å²) in [5, 5.41) is 18.5. The third-order valence-corrected chi connectivity index (χ3v) is 2.88. The number of pyridine rings is 1. The van der Waals surface area contributed by atoms with Gasteiger partial charge in [-0.15, -0.1) is 0 Å². The second kappa shape index (κ2) is 4.50. The number of hydrogen-bond acceptors (Lipinski definition) is 4. The van der Waals surface area contributed by atoms with E-state index < -0.39 is 0 Å². The quantitative estimate of drug-likeness (QED) is 0.805. The molecular formula is C12H15N3O. The van der Waals surface area contributed by atoms with E-state index in [4.69, 9.17) is 5.26 Å². The number of nitriles is 1. The summed E-state index contributed by atoms with van der Waals surface area (Å²) in [5.74, 6) is 0.721. The number of hydrogen-bond donors (Lipinski definition) is 1. The molecule has 0 spiro atoms. The number of rotatable bonds is 2. The highest BCUT2D eigenvalue weighted by atomic mass is 16.3. The van der Waals surface area contributed by atoms with Gasteiger partial charge in [0, 0.05) is 18.8 Å². The summed E-state index contributed by atoms with van der Waals surface area (Å²) >= 11 is 0. The van der Waals surface area contributed by atoms with E-state index in [0.717, 1.165) is 30.9 Å². The molecule has 1 atom stereocenters. The number of aromatic nitrogens is 1. The molecule has 4 nitrogen and oxygen atoms in total. The Bertz CT molecular complexity index is 425. The number of nitrogens with zero attached hydrogens (tertiary/aromatic N) is 3. The molecule has 4 heteroatoms. The summed E-state index contributed by atoms with van der Waals surface area (Å²) in [6.07, 6.45) is 1.32. The van der Waals surface area contributed by atoms with Crippen molar-refractivity contribution in [2.45, 2.75) is 25.9 Å². The molecular weight excluding hydrogens is 202 g/mol. The van der Waals surface area contributed by atoms with Crippen LogP contribution in [0.2, 0.25) is 0 Å². The highest BCUT2D eigenvalue weighted by Gasteiger charge is 2.23. The molecule has 1 aliphatic heterocycles. The van der Waals surface area contributed by atoms with Gasteiger partial charge >= 0.3 is 0 Å². The fourth-order valence-electron chi connectivity index (χ4n) is 1.95. The number of anilines is 1. The highest BCUT2D eigenvalue weighted by molar-refractivity contribution is 5.55. The van der Waals surface area contributed by atoms with E-state index in [0.29, 0.717) is 12.1 Å². The van der Waals surface area contributed by atoms with Crippen LogP contribution in [-0.4, -0.2) is 29.3 Å². The first-order chi connectivity index (χ1) is 7.74. The van der Waals surface area contributed by atoms with E-state index in [1.807, 2.05) is 24.0 Å². The molecule has 0 amide bonds. The van der Waals surface area contributed by atoms with E-state index in [2.05, 4.69) is 11.1 Å². The van der Waals surface area contributed by atoms with E-state index >= 15 is 0 Å². The van der Waals surface area contributed by atoms with Crippen molar-refractivity contribution in [3.63, 3.8) is 0 Å². The predicted molar refractivity (Wildman–Crippen MR) is 61.2 cm³/mol. The fraction of sp³-hybridized carbons (Fsp3) is 0.500. The van der Waals surface area contributed by atoms with E-state index in [1.54, 1.807) is 0 Å². The number of aliphatic hydroxyl groups excluding tert-OH is 1. The van der Waals surface area contributed by atoms with Crippen molar-refractivity contribution >= 4 is 5.82 Å². The van der Waals surface area contributed by atoms with Gasteiger partial charge in [0.2, 0.25) is 0 Å². The minimum Gasteiger partial charge on any atom is -0.391 e. The standard InChI is InChI=1S/C12H15N3O/c1-2-10-4-3-9(7-13)12(14-10)15-6-5-11(16)8-15/h3-4,11,16H,2,5-6,8H2,1H3. The number of β-amino-alcohol motifs (C(OH)–C–C–N with tert-alkyl or cyclic N) is 1. The zero-order chi connectivity index (χ0) is 11.5. The zero-order valence-corrected chi connectivity index (χ0v) is 9.35. The molecule has 1 aromatic heterocycles. The Hall–Kier alpha value is -1.60. The summed E-state index contributed by atoms with van der Waals surface area (Å²) in [7, 11) is 0.